The van der Waals surface area contributed by atoms with Gasteiger partial charge in [0.2, 0.25) is 0 Å². The minimum absolute atomic E-state index is 0.261. The molecule has 0 spiro atoms. The van der Waals surface area contributed by atoms with Gasteiger partial charge in [0, 0.05) is 43.8 Å². The molecule has 2 aromatic heterocycles. The van der Waals surface area contributed by atoms with Crippen LogP contribution in [0, 0.1) is 0 Å². The van der Waals surface area contributed by atoms with Gasteiger partial charge in [0.05, 0.1) is 27.8 Å². The Morgan fingerprint density at radius 1 is 0.390 bits per heavy atom. The van der Waals surface area contributed by atoms with Crippen LogP contribution < -0.4 is 5.32 Å². The van der Waals surface area contributed by atoms with Gasteiger partial charge in [0.1, 0.15) is 12.0 Å². The standard InChI is InChI=1S/C72H51N5/c1-72(2)60-34-15-12-27-52(60)55-32-18-33-59(68(55)72)71-74-69(49-41-39-48(40-42-49)46-21-6-3-7-22-46)73-70(75-71)58-29-14-17-36-62(58)77-61-35-16-13-28-56(61)66-53(31-20-38-64(66)77)54-30-19-37-63-67(54)57-44-43-50(47-23-8-4-9-24-47)45-65(57)76(63)51-25-10-5-11-26-51/h3-45,69H,1-2H3,(H,73,74,75). The van der Waals surface area contributed by atoms with Crippen LogP contribution in [0.15, 0.2) is 271 Å². The molecule has 364 valence electrons. The lowest BCUT2D eigenvalue weighted by Gasteiger charge is -2.28. The molecule has 0 bridgehead atoms. The monoisotopic (exact) mass is 985 g/mol. The van der Waals surface area contributed by atoms with Gasteiger partial charge in [-0.05, 0) is 110 Å². The van der Waals surface area contributed by atoms with E-state index in [-0.39, 0.29) is 5.41 Å². The molecule has 0 radical (unpaired) electrons. The highest BCUT2D eigenvalue weighted by molar-refractivity contribution is 6.23. The number of benzene rings is 11. The first-order valence-electron chi connectivity index (χ1n) is 26.6. The maximum absolute atomic E-state index is 5.62. The summed E-state index contributed by atoms with van der Waals surface area (Å²) in [5.41, 5.74) is 21.7. The highest BCUT2D eigenvalue weighted by Gasteiger charge is 2.39. The van der Waals surface area contributed by atoms with Gasteiger partial charge in [0.15, 0.2) is 5.84 Å². The number of fused-ring (bicyclic) bond motifs is 9. The van der Waals surface area contributed by atoms with E-state index in [0.29, 0.717) is 5.84 Å². The average Bonchev–Trinajstić information content (AvgIpc) is 4.24. The Bertz CT molecular complexity index is 4540. The zero-order chi connectivity index (χ0) is 51.2. The van der Waals surface area contributed by atoms with Crippen LogP contribution in [-0.4, -0.2) is 20.8 Å². The molecule has 2 aliphatic rings. The van der Waals surface area contributed by atoms with E-state index in [0.717, 1.165) is 50.5 Å². The lowest BCUT2D eigenvalue weighted by molar-refractivity contribution is 0.654. The van der Waals surface area contributed by atoms with E-state index >= 15 is 0 Å². The van der Waals surface area contributed by atoms with Crippen LogP contribution in [0.4, 0.5) is 0 Å². The van der Waals surface area contributed by atoms with Crippen molar-refractivity contribution >= 4 is 55.3 Å². The number of nitrogens with one attached hydrogen (secondary N) is 1. The molecule has 0 saturated heterocycles. The number of nitrogens with zero attached hydrogens (tertiary/aromatic N) is 4. The SMILES string of the molecule is CC1(C)c2ccccc2-c2cccc(C3=NC(c4ccc(-c5ccccc5)cc4)NC(c4ccccc4-n4c5ccccc5c5c(-c6cccc7c6c6ccc(-c8ccccc8)cc6n7-c6ccccc6)cccc54)=N3)c21. The minimum atomic E-state index is -0.412. The van der Waals surface area contributed by atoms with E-state index in [1.165, 1.54) is 82.6 Å². The molecule has 0 amide bonds. The second kappa shape index (κ2) is 17.6. The van der Waals surface area contributed by atoms with Gasteiger partial charge >= 0.3 is 0 Å². The predicted molar refractivity (Wildman–Crippen MR) is 321 cm³/mol. The number of hydrogen-bond acceptors (Lipinski definition) is 3. The molecular formula is C72H51N5. The number of aliphatic imine (C=N–C) groups is 2. The lowest BCUT2D eigenvalue weighted by atomic mass is 9.80. The molecule has 1 atom stereocenters. The largest absolute Gasteiger partial charge is 0.344 e. The first kappa shape index (κ1) is 44.6. The van der Waals surface area contributed by atoms with Gasteiger partial charge in [-0.15, -0.1) is 0 Å². The Hall–Kier alpha value is -9.84. The molecule has 0 saturated carbocycles. The van der Waals surface area contributed by atoms with Gasteiger partial charge < -0.3 is 14.5 Å². The Morgan fingerprint density at radius 2 is 0.909 bits per heavy atom. The van der Waals surface area contributed by atoms with Crippen LogP contribution in [0.2, 0.25) is 0 Å². The van der Waals surface area contributed by atoms with Gasteiger partial charge in [0.25, 0.3) is 0 Å². The molecular weight excluding hydrogens is 935 g/mol. The van der Waals surface area contributed by atoms with Crippen molar-refractivity contribution in [1.82, 2.24) is 14.5 Å². The number of para-hydroxylation sites is 3. The lowest BCUT2D eigenvalue weighted by Crippen LogP contribution is -2.34. The molecule has 1 aliphatic heterocycles. The number of aromatic nitrogens is 2. The zero-order valence-electron chi connectivity index (χ0n) is 42.7. The fourth-order valence-corrected chi connectivity index (χ4v) is 12.7. The third-order valence-corrected chi connectivity index (χ3v) is 16.2. The Balaban J connectivity index is 0.923. The van der Waals surface area contributed by atoms with Gasteiger partial charge in [-0.2, -0.15) is 0 Å². The molecule has 0 fully saturated rings. The number of amidine groups is 2. The second-order valence-electron chi connectivity index (χ2n) is 20.9. The van der Waals surface area contributed by atoms with Crippen LogP contribution >= 0.6 is 0 Å². The highest BCUT2D eigenvalue weighted by atomic mass is 15.2. The van der Waals surface area contributed by atoms with Crippen LogP contribution in [0.25, 0.3) is 99.5 Å². The fraction of sp³-hybridized carbons (Fsp3) is 0.0556. The summed E-state index contributed by atoms with van der Waals surface area (Å²) in [7, 11) is 0. The molecule has 13 aromatic rings. The van der Waals surface area contributed by atoms with E-state index in [1.807, 2.05) is 0 Å². The average molecular weight is 986 g/mol. The first-order chi connectivity index (χ1) is 38.0. The van der Waals surface area contributed by atoms with Crippen molar-refractivity contribution in [2.75, 3.05) is 0 Å². The van der Waals surface area contributed by atoms with Crippen molar-refractivity contribution in [3.63, 3.8) is 0 Å². The molecule has 5 nitrogen and oxygen atoms in total. The van der Waals surface area contributed by atoms with Gasteiger partial charge in [-0.25, -0.2) is 9.98 Å². The smallest absolute Gasteiger partial charge is 0.159 e. The summed E-state index contributed by atoms with van der Waals surface area (Å²) in [5, 5.41) is 8.72. The van der Waals surface area contributed by atoms with Crippen LogP contribution in [-0.2, 0) is 5.41 Å². The quantitative estimate of drug-likeness (QED) is 0.162. The Labute approximate surface area is 447 Å². The van der Waals surface area contributed by atoms with E-state index in [1.54, 1.807) is 0 Å². The third-order valence-electron chi connectivity index (χ3n) is 16.2. The second-order valence-corrected chi connectivity index (χ2v) is 20.9. The fourth-order valence-electron chi connectivity index (χ4n) is 12.7. The summed E-state index contributed by atoms with van der Waals surface area (Å²) in [6, 6.07) is 94.5. The van der Waals surface area contributed by atoms with Crippen LogP contribution in [0.3, 0.4) is 0 Å². The van der Waals surface area contributed by atoms with Crippen molar-refractivity contribution < 1.29 is 0 Å². The normalized spacial score (nSPS) is 14.6. The van der Waals surface area contributed by atoms with Gasteiger partial charge in [-0.1, -0.05) is 226 Å². The zero-order valence-corrected chi connectivity index (χ0v) is 42.7. The molecule has 11 aromatic carbocycles. The number of hydrogen-bond donors (Lipinski definition) is 1. The molecule has 1 unspecified atom stereocenters. The predicted octanol–water partition coefficient (Wildman–Crippen LogP) is 17.7. The Kier molecular flexibility index (Phi) is 10.2. The van der Waals surface area contributed by atoms with Crippen molar-refractivity contribution in [3.05, 3.63) is 289 Å². The summed E-state index contributed by atoms with van der Waals surface area (Å²) < 4.78 is 4.88. The maximum Gasteiger partial charge on any atom is 0.159 e. The molecule has 77 heavy (non-hydrogen) atoms. The molecule has 3 heterocycles. The van der Waals surface area contributed by atoms with Gasteiger partial charge in [-0.3, -0.25) is 0 Å². The van der Waals surface area contributed by atoms with Crippen molar-refractivity contribution in [2.24, 2.45) is 9.98 Å². The molecule has 5 heteroatoms. The molecule has 1 N–H and O–H groups in total. The van der Waals surface area contributed by atoms with E-state index < -0.39 is 6.17 Å². The van der Waals surface area contributed by atoms with E-state index in [4.69, 9.17) is 9.98 Å². The third kappa shape index (κ3) is 7.08. The summed E-state index contributed by atoms with van der Waals surface area (Å²) >= 11 is 0. The topological polar surface area (TPSA) is 46.6 Å². The van der Waals surface area contributed by atoms with Crippen molar-refractivity contribution in [1.29, 1.82) is 0 Å². The van der Waals surface area contributed by atoms with Crippen LogP contribution in [0.1, 0.15) is 47.8 Å². The first-order valence-corrected chi connectivity index (χ1v) is 26.6. The van der Waals surface area contributed by atoms with Crippen molar-refractivity contribution in [2.45, 2.75) is 25.4 Å². The van der Waals surface area contributed by atoms with Crippen LogP contribution in [0.5, 0.6) is 0 Å². The summed E-state index contributed by atoms with van der Waals surface area (Å²) in [6.07, 6.45) is -0.412. The molecule has 15 rings (SSSR count). The minimum Gasteiger partial charge on any atom is -0.344 e. The summed E-state index contributed by atoms with van der Waals surface area (Å²) in [4.78, 5) is 11.2. The maximum atomic E-state index is 5.62. The van der Waals surface area contributed by atoms with E-state index in [2.05, 4.69) is 289 Å². The summed E-state index contributed by atoms with van der Waals surface area (Å²) in [6.45, 7) is 4.67. The number of rotatable bonds is 8. The van der Waals surface area contributed by atoms with Crippen molar-refractivity contribution in [3.8, 4) is 55.9 Å². The summed E-state index contributed by atoms with van der Waals surface area (Å²) in [5.74, 6) is 1.48. The van der Waals surface area contributed by atoms with E-state index in [9.17, 15) is 0 Å². The molecule has 1 aliphatic carbocycles. The Morgan fingerprint density at radius 3 is 1.65 bits per heavy atom. The highest BCUT2D eigenvalue weighted by Crippen LogP contribution is 2.51.